The van der Waals surface area contributed by atoms with Crippen LogP contribution in [0.5, 0.6) is 5.75 Å². The third-order valence-electron chi connectivity index (χ3n) is 7.71. The minimum atomic E-state index is -4.09. The van der Waals surface area contributed by atoms with Crippen LogP contribution in [-0.4, -0.2) is 70.8 Å². The molecule has 1 aliphatic heterocycles. The van der Waals surface area contributed by atoms with Crippen molar-refractivity contribution in [2.24, 2.45) is 0 Å². The Balaban J connectivity index is 1.22. The van der Waals surface area contributed by atoms with Gasteiger partial charge in [0.15, 0.2) is 5.82 Å². The number of carboxylic acids is 1. The van der Waals surface area contributed by atoms with Gasteiger partial charge >= 0.3 is 12.0 Å². The van der Waals surface area contributed by atoms with Gasteiger partial charge in [0.2, 0.25) is 15.9 Å². The summed E-state index contributed by atoms with van der Waals surface area (Å²) in [5.74, 6) is -0.807. The molecule has 14 nitrogen and oxygen atoms in total. The first-order valence-corrected chi connectivity index (χ1v) is 16.3. The highest BCUT2D eigenvalue weighted by atomic mass is 32.2. The Hall–Kier alpha value is -5.28. The SMILES string of the molecule is COc1cc(CC(=O)N2CCCC2c2ncn(CC(NS(=O)(=O)c3ccccc3)C(=O)O)n2)ccc1NC(=O)Nc1ccccc1C. The number of carboxylic acid groups (broad SMARTS) is 1. The van der Waals surface area contributed by atoms with E-state index in [0.29, 0.717) is 41.5 Å². The number of carbonyl (C=O) groups is 3. The van der Waals surface area contributed by atoms with Crippen molar-refractivity contribution in [3.63, 3.8) is 0 Å². The molecule has 1 fully saturated rings. The van der Waals surface area contributed by atoms with Crippen molar-refractivity contribution in [2.45, 2.75) is 49.7 Å². The number of anilines is 2. The molecule has 1 aromatic heterocycles. The van der Waals surface area contributed by atoms with Crippen molar-refractivity contribution < 1.29 is 32.6 Å². The van der Waals surface area contributed by atoms with E-state index in [1.54, 1.807) is 47.4 Å². The zero-order valence-electron chi connectivity index (χ0n) is 25.8. The van der Waals surface area contributed by atoms with Crippen molar-refractivity contribution in [3.8, 4) is 5.75 Å². The van der Waals surface area contributed by atoms with E-state index in [1.807, 2.05) is 25.1 Å². The molecule has 0 spiro atoms. The van der Waals surface area contributed by atoms with Gasteiger partial charge in [0.25, 0.3) is 0 Å². The van der Waals surface area contributed by atoms with E-state index >= 15 is 0 Å². The maximum Gasteiger partial charge on any atom is 0.323 e. The number of urea groups is 1. The van der Waals surface area contributed by atoms with Crippen molar-refractivity contribution >= 4 is 39.3 Å². The summed E-state index contributed by atoms with van der Waals surface area (Å²) in [4.78, 5) is 43.9. The summed E-state index contributed by atoms with van der Waals surface area (Å²) in [7, 11) is -2.61. The van der Waals surface area contributed by atoms with Crippen LogP contribution in [0.25, 0.3) is 0 Å². The molecule has 47 heavy (non-hydrogen) atoms. The van der Waals surface area contributed by atoms with Crippen molar-refractivity contribution in [2.75, 3.05) is 24.3 Å². The van der Waals surface area contributed by atoms with Crippen LogP contribution in [-0.2, 0) is 32.6 Å². The second-order valence-electron chi connectivity index (χ2n) is 11.0. The van der Waals surface area contributed by atoms with Crippen LogP contribution < -0.4 is 20.1 Å². The molecule has 4 aromatic rings. The van der Waals surface area contributed by atoms with Gasteiger partial charge in [0.05, 0.1) is 36.7 Å². The molecule has 0 radical (unpaired) electrons. The van der Waals surface area contributed by atoms with E-state index in [9.17, 15) is 27.9 Å². The molecule has 2 heterocycles. The van der Waals surface area contributed by atoms with Gasteiger partial charge in [-0.1, -0.05) is 42.5 Å². The Kier molecular flexibility index (Phi) is 10.2. The molecule has 2 unspecified atom stereocenters. The van der Waals surface area contributed by atoms with Crippen LogP contribution in [0.4, 0.5) is 16.2 Å². The fourth-order valence-electron chi connectivity index (χ4n) is 5.31. The monoisotopic (exact) mass is 661 g/mol. The molecule has 5 rings (SSSR count). The zero-order chi connectivity index (χ0) is 33.6. The van der Waals surface area contributed by atoms with Crippen LogP contribution in [0.1, 0.15) is 35.8 Å². The first kappa shape index (κ1) is 33.1. The normalized spacial score (nSPS) is 15.2. The summed E-state index contributed by atoms with van der Waals surface area (Å²) >= 11 is 0. The Morgan fingerprint density at radius 1 is 1.02 bits per heavy atom. The fourth-order valence-corrected chi connectivity index (χ4v) is 6.51. The number of ether oxygens (including phenoxy) is 1. The molecule has 0 aliphatic carbocycles. The number of nitrogens with one attached hydrogen (secondary N) is 3. The van der Waals surface area contributed by atoms with E-state index in [1.165, 1.54) is 30.3 Å². The number of methoxy groups -OCH3 is 1. The molecule has 15 heteroatoms. The molecule has 3 aromatic carbocycles. The molecule has 0 bridgehead atoms. The number of sulfonamides is 1. The van der Waals surface area contributed by atoms with Gasteiger partial charge in [0.1, 0.15) is 18.1 Å². The average Bonchev–Trinajstić information content (AvgIpc) is 3.73. The summed E-state index contributed by atoms with van der Waals surface area (Å²) in [5.41, 5.74) is 2.71. The Bertz CT molecular complexity index is 1860. The van der Waals surface area contributed by atoms with Gasteiger partial charge in [-0.3, -0.25) is 14.3 Å². The molecule has 1 saturated heterocycles. The quantitative estimate of drug-likeness (QED) is 0.176. The van der Waals surface area contributed by atoms with Gasteiger partial charge in [-0.15, -0.1) is 0 Å². The lowest BCUT2D eigenvalue weighted by Crippen LogP contribution is -2.43. The molecule has 3 amide bonds. The van der Waals surface area contributed by atoms with Gasteiger partial charge in [-0.2, -0.15) is 9.82 Å². The highest BCUT2D eigenvalue weighted by Crippen LogP contribution is 2.32. The van der Waals surface area contributed by atoms with Crippen molar-refractivity contribution in [1.82, 2.24) is 24.4 Å². The highest BCUT2D eigenvalue weighted by molar-refractivity contribution is 7.89. The standard InChI is InChI=1S/C32H35N7O7S/c1-21-9-6-7-12-24(21)34-32(43)35-25-15-14-22(17-28(25)46-2)18-29(40)39-16-8-13-27(39)30-33-20-38(36-30)19-26(31(41)42)37-47(44,45)23-10-4-3-5-11-23/h3-7,9-12,14-15,17,20,26-27,37H,8,13,16,18-19H2,1-2H3,(H,41,42)(H2,34,35,43). The number of benzene rings is 3. The lowest BCUT2D eigenvalue weighted by atomic mass is 10.1. The molecular formula is C32H35N7O7S. The summed E-state index contributed by atoms with van der Waals surface area (Å²) in [6, 6.07) is 17.6. The van der Waals surface area contributed by atoms with E-state index in [-0.39, 0.29) is 23.8 Å². The number of aromatic nitrogens is 3. The predicted molar refractivity (Wildman–Crippen MR) is 172 cm³/mol. The van der Waals surface area contributed by atoms with Crippen LogP contribution >= 0.6 is 0 Å². The third kappa shape index (κ3) is 8.12. The Morgan fingerprint density at radius 2 is 1.74 bits per heavy atom. The maximum atomic E-state index is 13.4. The second kappa shape index (κ2) is 14.4. The number of aliphatic carboxylic acids is 1. The van der Waals surface area contributed by atoms with Crippen molar-refractivity contribution in [3.05, 3.63) is 96.1 Å². The number of aryl methyl sites for hydroxylation is 1. The van der Waals surface area contributed by atoms with Gasteiger partial charge in [0, 0.05) is 12.2 Å². The first-order chi connectivity index (χ1) is 22.5. The van der Waals surface area contributed by atoms with Crippen LogP contribution in [0, 0.1) is 6.92 Å². The fraction of sp³-hybridized carbons (Fsp3) is 0.281. The number of hydrogen-bond acceptors (Lipinski definition) is 8. The van der Waals surface area contributed by atoms with Gasteiger partial charge in [-0.25, -0.2) is 18.2 Å². The van der Waals surface area contributed by atoms with E-state index in [0.717, 1.165) is 12.0 Å². The topological polar surface area (TPSA) is 185 Å². The molecule has 0 saturated carbocycles. The summed E-state index contributed by atoms with van der Waals surface area (Å²) < 4.78 is 34.4. The first-order valence-electron chi connectivity index (χ1n) is 14.8. The third-order valence-corrected chi connectivity index (χ3v) is 9.19. The number of amides is 3. The Morgan fingerprint density at radius 3 is 2.47 bits per heavy atom. The highest BCUT2D eigenvalue weighted by Gasteiger charge is 2.33. The Labute approximate surface area is 271 Å². The number of hydrogen-bond donors (Lipinski definition) is 4. The summed E-state index contributed by atoms with van der Waals surface area (Å²) in [6.45, 7) is 2.07. The van der Waals surface area contributed by atoms with Gasteiger partial charge < -0.3 is 25.4 Å². The molecule has 1 aliphatic rings. The number of rotatable bonds is 12. The average molecular weight is 662 g/mol. The lowest BCUT2D eigenvalue weighted by molar-refractivity contribution is -0.139. The zero-order valence-corrected chi connectivity index (χ0v) is 26.6. The minimum absolute atomic E-state index is 0.0576. The molecule has 4 N–H and O–H groups in total. The van der Waals surface area contributed by atoms with E-state index in [4.69, 9.17) is 4.74 Å². The molecule has 246 valence electrons. The number of nitrogens with zero attached hydrogens (tertiary/aromatic N) is 4. The molecule has 2 atom stereocenters. The lowest BCUT2D eigenvalue weighted by Gasteiger charge is -2.23. The number of likely N-dealkylation sites (tertiary alicyclic amines) is 1. The van der Waals surface area contributed by atoms with Crippen molar-refractivity contribution in [1.29, 1.82) is 0 Å². The van der Waals surface area contributed by atoms with Crippen LogP contribution in [0.2, 0.25) is 0 Å². The largest absolute Gasteiger partial charge is 0.495 e. The number of carbonyl (C=O) groups excluding carboxylic acids is 2. The molecular weight excluding hydrogens is 626 g/mol. The van der Waals surface area contributed by atoms with E-state index < -0.39 is 34.1 Å². The van der Waals surface area contributed by atoms with Gasteiger partial charge in [-0.05, 0) is 61.2 Å². The summed E-state index contributed by atoms with van der Waals surface area (Å²) in [5, 5.41) is 19.7. The van der Waals surface area contributed by atoms with Crippen LogP contribution in [0.3, 0.4) is 0 Å². The predicted octanol–water partition coefficient (Wildman–Crippen LogP) is 3.58. The smallest absolute Gasteiger partial charge is 0.323 e. The minimum Gasteiger partial charge on any atom is -0.495 e. The second-order valence-corrected chi connectivity index (χ2v) is 12.7. The van der Waals surface area contributed by atoms with E-state index in [2.05, 4.69) is 25.4 Å². The summed E-state index contributed by atoms with van der Waals surface area (Å²) in [6.07, 6.45) is 2.73. The maximum absolute atomic E-state index is 13.4. The number of para-hydroxylation sites is 1. The van der Waals surface area contributed by atoms with Crippen LogP contribution in [0.15, 0.2) is 84.0 Å².